The number of pyridine rings is 1. The van der Waals surface area contributed by atoms with Crippen LogP contribution in [0.1, 0.15) is 10.4 Å². The molecule has 0 aliphatic carbocycles. The van der Waals surface area contributed by atoms with Crippen molar-refractivity contribution in [2.75, 3.05) is 5.32 Å². The Morgan fingerprint density at radius 2 is 2.05 bits per heavy atom. The average molecular weight is 317 g/mol. The number of carbonyl (C=O) groups excluding carboxylic acids is 1. The zero-order chi connectivity index (χ0) is 15.5. The fourth-order valence-electron chi connectivity index (χ4n) is 1.79. The van der Waals surface area contributed by atoms with Gasteiger partial charge in [0, 0.05) is 23.3 Å². The summed E-state index contributed by atoms with van der Waals surface area (Å²) in [6.45, 7) is 0. The summed E-state index contributed by atoms with van der Waals surface area (Å²) in [4.78, 5) is 20.0. The third-order valence-corrected chi connectivity index (χ3v) is 3.62. The Kier molecular flexibility index (Phi) is 3.88. The number of hydrogen-bond donors (Lipinski definition) is 1. The van der Waals surface area contributed by atoms with Crippen LogP contribution in [0.15, 0.2) is 48.1 Å². The number of aromatic nitrogens is 2. The van der Waals surface area contributed by atoms with Crippen LogP contribution in [0, 0.1) is 11.6 Å². The predicted molar refractivity (Wildman–Crippen MR) is 79.7 cm³/mol. The maximum absolute atomic E-state index is 13.2. The van der Waals surface area contributed by atoms with Crippen molar-refractivity contribution in [2.24, 2.45) is 0 Å². The van der Waals surface area contributed by atoms with E-state index in [4.69, 9.17) is 0 Å². The molecule has 0 atom stereocenters. The normalized spacial score (nSPS) is 10.5. The molecule has 0 aliphatic rings. The Bertz CT molecular complexity index is 821. The van der Waals surface area contributed by atoms with Crippen molar-refractivity contribution >= 4 is 22.4 Å². The quantitative estimate of drug-likeness (QED) is 0.800. The lowest BCUT2D eigenvalue weighted by atomic mass is 10.2. The minimum atomic E-state index is -0.938. The number of benzene rings is 1. The molecule has 1 amide bonds. The molecule has 0 radical (unpaired) electrons. The summed E-state index contributed by atoms with van der Waals surface area (Å²) in [5, 5.41) is 4.66. The molecule has 0 saturated heterocycles. The van der Waals surface area contributed by atoms with E-state index in [1.165, 1.54) is 23.6 Å². The van der Waals surface area contributed by atoms with Crippen molar-refractivity contribution in [2.45, 2.75) is 0 Å². The van der Waals surface area contributed by atoms with Gasteiger partial charge in [-0.1, -0.05) is 0 Å². The first-order valence-electron chi connectivity index (χ1n) is 6.26. The smallest absolute Gasteiger partial charge is 0.259 e. The van der Waals surface area contributed by atoms with Crippen molar-refractivity contribution in [3.05, 3.63) is 65.3 Å². The molecular formula is C15H9F2N3OS. The Balaban J connectivity index is 1.79. The monoisotopic (exact) mass is 317 g/mol. The highest BCUT2D eigenvalue weighted by molar-refractivity contribution is 7.14. The highest BCUT2D eigenvalue weighted by atomic mass is 32.1. The number of hydrogen-bond acceptors (Lipinski definition) is 4. The van der Waals surface area contributed by atoms with E-state index < -0.39 is 11.6 Å². The fraction of sp³-hybridized carbons (Fsp3) is 0. The molecular weight excluding hydrogens is 308 g/mol. The van der Waals surface area contributed by atoms with Crippen molar-refractivity contribution < 1.29 is 13.6 Å². The van der Waals surface area contributed by atoms with Crippen LogP contribution in [0.25, 0.3) is 11.3 Å². The summed E-state index contributed by atoms with van der Waals surface area (Å²) in [6.07, 6.45) is 3.01. The number of rotatable bonds is 3. The summed E-state index contributed by atoms with van der Waals surface area (Å²) in [5.41, 5.74) is 1.31. The molecule has 110 valence electrons. The summed E-state index contributed by atoms with van der Waals surface area (Å²) < 4.78 is 26.2. The van der Waals surface area contributed by atoms with Gasteiger partial charge in [0.05, 0.1) is 11.3 Å². The lowest BCUT2D eigenvalue weighted by Gasteiger charge is -2.00. The topological polar surface area (TPSA) is 54.9 Å². The van der Waals surface area contributed by atoms with Crippen LogP contribution >= 0.6 is 11.3 Å². The van der Waals surface area contributed by atoms with Gasteiger partial charge in [0.2, 0.25) is 0 Å². The molecule has 22 heavy (non-hydrogen) atoms. The molecule has 1 aromatic carbocycles. The van der Waals surface area contributed by atoms with Gasteiger partial charge in [-0.3, -0.25) is 15.1 Å². The number of nitrogens with one attached hydrogen (secondary N) is 1. The lowest BCUT2D eigenvalue weighted by molar-refractivity contribution is 0.102. The minimum absolute atomic E-state index is 0.334. The Labute approximate surface area is 128 Å². The molecule has 0 unspecified atom stereocenters. The van der Waals surface area contributed by atoms with Crippen molar-refractivity contribution in [1.29, 1.82) is 0 Å². The van der Waals surface area contributed by atoms with Crippen molar-refractivity contribution in [3.8, 4) is 11.3 Å². The van der Waals surface area contributed by atoms with Crippen LogP contribution in [0.5, 0.6) is 0 Å². The van der Waals surface area contributed by atoms with Gasteiger partial charge in [-0.05, 0) is 30.3 Å². The second-order valence-corrected chi connectivity index (χ2v) is 5.22. The Morgan fingerprint density at radius 3 is 2.77 bits per heavy atom. The first-order chi connectivity index (χ1) is 10.6. The molecule has 3 rings (SSSR count). The van der Waals surface area contributed by atoms with E-state index in [0.717, 1.165) is 12.1 Å². The lowest BCUT2D eigenvalue weighted by Crippen LogP contribution is -2.11. The summed E-state index contributed by atoms with van der Waals surface area (Å²) in [5.74, 6) is -2.19. The van der Waals surface area contributed by atoms with Crippen molar-refractivity contribution in [1.82, 2.24) is 9.97 Å². The van der Waals surface area contributed by atoms with Crippen molar-refractivity contribution in [3.63, 3.8) is 0 Å². The first kappa shape index (κ1) is 14.3. The Morgan fingerprint density at radius 1 is 1.18 bits per heavy atom. The zero-order valence-corrected chi connectivity index (χ0v) is 11.9. The third kappa shape index (κ3) is 2.99. The SMILES string of the molecule is O=C(Nc1nc(-c2ccc(F)c(F)c2)cs1)c1cccnc1. The number of anilines is 1. The van der Waals surface area contributed by atoms with Gasteiger partial charge in [-0.25, -0.2) is 13.8 Å². The van der Waals surface area contributed by atoms with E-state index in [0.29, 0.717) is 22.0 Å². The van der Waals surface area contributed by atoms with E-state index in [9.17, 15) is 13.6 Å². The van der Waals surface area contributed by atoms with Crippen LogP contribution in [0.3, 0.4) is 0 Å². The molecule has 4 nitrogen and oxygen atoms in total. The number of carbonyl (C=O) groups is 1. The zero-order valence-electron chi connectivity index (χ0n) is 11.1. The van der Waals surface area contributed by atoms with Crippen LogP contribution in [-0.4, -0.2) is 15.9 Å². The molecule has 0 spiro atoms. The summed E-state index contributed by atoms with van der Waals surface area (Å²) in [7, 11) is 0. The fourth-order valence-corrected chi connectivity index (χ4v) is 2.50. The van der Waals surface area contributed by atoms with Crippen LogP contribution in [0.2, 0.25) is 0 Å². The minimum Gasteiger partial charge on any atom is -0.298 e. The van der Waals surface area contributed by atoms with Crippen LogP contribution < -0.4 is 5.32 Å². The van der Waals surface area contributed by atoms with Crippen LogP contribution in [-0.2, 0) is 0 Å². The van der Waals surface area contributed by atoms with Gasteiger partial charge in [-0.2, -0.15) is 0 Å². The van der Waals surface area contributed by atoms with Crippen LogP contribution in [0.4, 0.5) is 13.9 Å². The molecule has 2 aromatic heterocycles. The molecule has 0 fully saturated rings. The Hall–Kier alpha value is -2.67. The number of amides is 1. The van der Waals surface area contributed by atoms with Gasteiger partial charge < -0.3 is 0 Å². The number of nitrogens with zero attached hydrogens (tertiary/aromatic N) is 2. The van der Waals surface area contributed by atoms with Gasteiger partial charge >= 0.3 is 0 Å². The van der Waals surface area contributed by atoms with Gasteiger partial charge in [0.15, 0.2) is 16.8 Å². The van der Waals surface area contributed by atoms with E-state index in [1.54, 1.807) is 23.7 Å². The summed E-state index contributed by atoms with van der Waals surface area (Å²) >= 11 is 1.20. The van der Waals surface area contributed by atoms with Gasteiger partial charge in [0.1, 0.15) is 0 Å². The molecule has 3 aromatic rings. The predicted octanol–water partition coefficient (Wildman–Crippen LogP) is 3.74. The molecule has 7 heteroatoms. The average Bonchev–Trinajstić information content (AvgIpc) is 2.99. The highest BCUT2D eigenvalue weighted by Gasteiger charge is 2.11. The maximum Gasteiger partial charge on any atom is 0.259 e. The standard InChI is InChI=1S/C15H9F2N3OS/c16-11-4-3-9(6-12(11)17)13-8-22-15(19-13)20-14(21)10-2-1-5-18-7-10/h1-8H,(H,19,20,21). The molecule has 2 heterocycles. The van der Waals surface area contributed by atoms with E-state index in [1.807, 2.05) is 0 Å². The van der Waals surface area contributed by atoms with E-state index in [-0.39, 0.29) is 5.91 Å². The second kappa shape index (κ2) is 5.98. The third-order valence-electron chi connectivity index (χ3n) is 2.86. The highest BCUT2D eigenvalue weighted by Crippen LogP contribution is 2.26. The van der Waals surface area contributed by atoms with Gasteiger partial charge in [-0.15, -0.1) is 11.3 Å². The first-order valence-corrected chi connectivity index (χ1v) is 7.14. The molecule has 0 bridgehead atoms. The number of thiazole rings is 1. The number of halogens is 2. The maximum atomic E-state index is 13.2. The van der Waals surface area contributed by atoms with Gasteiger partial charge in [0.25, 0.3) is 5.91 Å². The molecule has 0 saturated carbocycles. The molecule has 1 N–H and O–H groups in total. The molecule has 0 aliphatic heterocycles. The van der Waals surface area contributed by atoms with E-state index >= 15 is 0 Å². The largest absolute Gasteiger partial charge is 0.298 e. The van der Waals surface area contributed by atoms with E-state index in [2.05, 4.69) is 15.3 Å². The summed E-state index contributed by atoms with van der Waals surface area (Å²) in [6, 6.07) is 6.82. The second-order valence-electron chi connectivity index (χ2n) is 4.36.